The van der Waals surface area contributed by atoms with E-state index in [0.717, 1.165) is 3.57 Å². The Hall–Kier alpha value is -0.350. The lowest BCUT2D eigenvalue weighted by atomic mass is 10.4. The van der Waals surface area contributed by atoms with Crippen LogP contribution in [-0.2, 0) is 10.0 Å². The van der Waals surface area contributed by atoms with Crippen molar-refractivity contribution < 1.29 is 21.6 Å². The van der Waals surface area contributed by atoms with Crippen LogP contribution < -0.4 is 4.72 Å². The standard InChI is InChI=1S/C8H7F3INO2S/c9-7(10)8(11)13-16(14,15)6-3-1-5(12)2-4-6/h1-4,7-8,13H. The highest BCUT2D eigenvalue weighted by atomic mass is 127. The first-order chi connectivity index (χ1) is 7.33. The van der Waals surface area contributed by atoms with Gasteiger partial charge in [0.25, 0.3) is 6.43 Å². The predicted octanol–water partition coefficient (Wildman–Crippen LogP) is 2.13. The highest BCUT2D eigenvalue weighted by molar-refractivity contribution is 14.1. The number of halogens is 4. The van der Waals surface area contributed by atoms with Gasteiger partial charge in [0.15, 0.2) is 0 Å². The molecule has 0 saturated carbocycles. The van der Waals surface area contributed by atoms with Gasteiger partial charge in [-0.3, -0.25) is 0 Å². The van der Waals surface area contributed by atoms with E-state index in [1.54, 1.807) is 0 Å². The molecule has 1 rings (SSSR count). The first-order valence-corrected chi connectivity index (χ1v) is 6.59. The summed E-state index contributed by atoms with van der Waals surface area (Å²) in [5, 5.41) is 0. The summed E-state index contributed by atoms with van der Waals surface area (Å²) in [7, 11) is -4.23. The minimum absolute atomic E-state index is 0.254. The second-order valence-electron chi connectivity index (χ2n) is 2.81. The molecular weight excluding hydrogens is 358 g/mol. The van der Waals surface area contributed by atoms with Gasteiger partial charge in [-0.1, -0.05) is 0 Å². The molecule has 0 saturated heterocycles. The average molecular weight is 365 g/mol. The van der Waals surface area contributed by atoms with Crippen molar-refractivity contribution >= 4 is 32.6 Å². The largest absolute Gasteiger partial charge is 0.283 e. The molecule has 16 heavy (non-hydrogen) atoms. The van der Waals surface area contributed by atoms with Gasteiger partial charge in [-0.2, -0.15) is 4.72 Å². The molecule has 3 nitrogen and oxygen atoms in total. The number of sulfonamides is 1. The van der Waals surface area contributed by atoms with Crippen molar-refractivity contribution in [3.8, 4) is 0 Å². The minimum Gasteiger partial charge on any atom is -0.223 e. The first kappa shape index (κ1) is 13.7. The summed E-state index contributed by atoms with van der Waals surface area (Å²) in [6.07, 6.45) is -6.29. The smallest absolute Gasteiger partial charge is 0.223 e. The van der Waals surface area contributed by atoms with Gasteiger partial charge in [-0.05, 0) is 46.9 Å². The molecule has 0 aromatic heterocycles. The monoisotopic (exact) mass is 365 g/mol. The van der Waals surface area contributed by atoms with E-state index in [1.165, 1.54) is 29.0 Å². The molecule has 8 heteroatoms. The molecule has 1 aromatic carbocycles. The average Bonchev–Trinajstić information content (AvgIpc) is 2.17. The molecule has 90 valence electrons. The molecule has 0 radical (unpaired) electrons. The maximum atomic E-state index is 12.5. The third-order valence-electron chi connectivity index (χ3n) is 1.61. The molecule has 0 amide bonds. The summed E-state index contributed by atoms with van der Waals surface area (Å²) in [6.45, 7) is 0. The molecule has 0 spiro atoms. The van der Waals surface area contributed by atoms with Crippen molar-refractivity contribution in [2.45, 2.75) is 17.6 Å². The first-order valence-electron chi connectivity index (χ1n) is 4.03. The lowest BCUT2D eigenvalue weighted by Gasteiger charge is -2.10. The van der Waals surface area contributed by atoms with Crippen LogP contribution in [0.2, 0.25) is 0 Å². The molecular formula is C8H7F3INO2S. The summed E-state index contributed by atoms with van der Waals surface area (Å²) >= 11 is 1.95. The number of benzene rings is 1. The Morgan fingerprint density at radius 3 is 2.06 bits per heavy atom. The molecule has 1 N–H and O–H groups in total. The third-order valence-corrected chi connectivity index (χ3v) is 3.76. The van der Waals surface area contributed by atoms with Crippen molar-refractivity contribution in [2.24, 2.45) is 0 Å². The molecule has 0 bridgehead atoms. The van der Waals surface area contributed by atoms with Crippen molar-refractivity contribution in [1.29, 1.82) is 0 Å². The van der Waals surface area contributed by atoms with Gasteiger partial charge >= 0.3 is 0 Å². The third kappa shape index (κ3) is 3.59. The number of alkyl halides is 3. The van der Waals surface area contributed by atoms with E-state index in [1.807, 2.05) is 22.6 Å². The zero-order chi connectivity index (χ0) is 12.3. The second-order valence-corrected chi connectivity index (χ2v) is 5.77. The van der Waals surface area contributed by atoms with E-state index in [9.17, 15) is 21.6 Å². The van der Waals surface area contributed by atoms with Crippen LogP contribution in [0.5, 0.6) is 0 Å². The minimum atomic E-state index is -4.23. The van der Waals surface area contributed by atoms with Crippen LogP contribution in [0.25, 0.3) is 0 Å². The Balaban J connectivity index is 2.90. The Morgan fingerprint density at radius 1 is 1.12 bits per heavy atom. The Kier molecular flexibility index (Phi) is 4.56. The van der Waals surface area contributed by atoms with E-state index in [2.05, 4.69) is 0 Å². The SMILES string of the molecule is O=S(=O)(NC(F)C(F)F)c1ccc(I)cc1. The molecule has 1 aromatic rings. The maximum Gasteiger partial charge on any atom is 0.283 e. The Labute approximate surface area is 104 Å². The maximum absolute atomic E-state index is 12.5. The van der Waals surface area contributed by atoms with Crippen molar-refractivity contribution in [2.75, 3.05) is 0 Å². The van der Waals surface area contributed by atoms with Crippen LogP contribution in [0.15, 0.2) is 29.2 Å². The zero-order valence-corrected chi connectivity index (χ0v) is 10.7. The van der Waals surface area contributed by atoms with Gasteiger partial charge in [-0.15, -0.1) is 0 Å². The normalized spacial score (nSPS) is 14.1. The van der Waals surface area contributed by atoms with Gasteiger partial charge in [0.1, 0.15) is 0 Å². The quantitative estimate of drug-likeness (QED) is 0.657. The van der Waals surface area contributed by atoms with Gasteiger partial charge in [0.2, 0.25) is 16.3 Å². The second kappa shape index (κ2) is 5.32. The van der Waals surface area contributed by atoms with E-state index in [-0.39, 0.29) is 4.90 Å². The van der Waals surface area contributed by atoms with Gasteiger partial charge in [0.05, 0.1) is 4.90 Å². The highest BCUT2D eigenvalue weighted by Gasteiger charge is 2.26. The highest BCUT2D eigenvalue weighted by Crippen LogP contribution is 2.14. The molecule has 0 aliphatic carbocycles. The van der Waals surface area contributed by atoms with Crippen LogP contribution in [0, 0.1) is 3.57 Å². The van der Waals surface area contributed by atoms with Crippen LogP contribution in [-0.4, -0.2) is 21.1 Å². The van der Waals surface area contributed by atoms with E-state index in [4.69, 9.17) is 0 Å². The Morgan fingerprint density at radius 2 is 1.62 bits per heavy atom. The number of hydrogen-bond donors (Lipinski definition) is 1. The summed E-state index contributed by atoms with van der Waals surface area (Å²) < 4.78 is 61.0. The number of hydrogen-bond acceptors (Lipinski definition) is 2. The van der Waals surface area contributed by atoms with E-state index < -0.39 is 22.7 Å². The van der Waals surface area contributed by atoms with E-state index in [0.29, 0.717) is 0 Å². The molecule has 0 fully saturated rings. The van der Waals surface area contributed by atoms with Crippen LogP contribution in [0.4, 0.5) is 13.2 Å². The summed E-state index contributed by atoms with van der Waals surface area (Å²) in [6, 6.07) is 5.38. The molecule has 0 aliphatic heterocycles. The lowest BCUT2D eigenvalue weighted by Crippen LogP contribution is -2.36. The number of rotatable bonds is 4. The van der Waals surface area contributed by atoms with Crippen LogP contribution in [0.1, 0.15) is 0 Å². The van der Waals surface area contributed by atoms with Crippen molar-refractivity contribution in [3.63, 3.8) is 0 Å². The molecule has 1 unspecified atom stereocenters. The van der Waals surface area contributed by atoms with Crippen LogP contribution >= 0.6 is 22.6 Å². The molecule has 1 atom stereocenters. The van der Waals surface area contributed by atoms with Gasteiger partial charge in [-0.25, -0.2) is 21.6 Å². The van der Waals surface area contributed by atoms with Gasteiger partial charge in [0, 0.05) is 3.57 Å². The summed E-state index contributed by atoms with van der Waals surface area (Å²) in [5.74, 6) is 0. The Bertz CT molecular complexity index is 449. The summed E-state index contributed by atoms with van der Waals surface area (Å²) in [5.41, 5.74) is 0. The zero-order valence-electron chi connectivity index (χ0n) is 7.70. The molecule has 0 aliphatic rings. The fraction of sp³-hybridized carbons (Fsp3) is 0.250. The van der Waals surface area contributed by atoms with Crippen molar-refractivity contribution in [1.82, 2.24) is 4.72 Å². The topological polar surface area (TPSA) is 46.2 Å². The molecule has 0 heterocycles. The van der Waals surface area contributed by atoms with Crippen LogP contribution in [0.3, 0.4) is 0 Å². The fourth-order valence-corrected chi connectivity index (χ4v) is 2.27. The van der Waals surface area contributed by atoms with Crippen molar-refractivity contribution in [3.05, 3.63) is 27.8 Å². The predicted molar refractivity (Wildman–Crippen MR) is 60.4 cm³/mol. The van der Waals surface area contributed by atoms with E-state index >= 15 is 0 Å². The fourth-order valence-electron chi connectivity index (χ4n) is 0.881. The lowest BCUT2D eigenvalue weighted by molar-refractivity contribution is 0.0440. The van der Waals surface area contributed by atoms with Gasteiger partial charge < -0.3 is 0 Å². The number of nitrogens with one attached hydrogen (secondary N) is 1. The summed E-state index contributed by atoms with van der Waals surface area (Å²) in [4.78, 5) is -0.254.